The van der Waals surface area contributed by atoms with Gasteiger partial charge in [0.15, 0.2) is 0 Å². The molecular weight excluding hydrogens is 444 g/mol. The fraction of sp³-hybridized carbons (Fsp3) is 0. The van der Waals surface area contributed by atoms with Gasteiger partial charge in [-0.25, -0.2) is 4.79 Å². The van der Waals surface area contributed by atoms with Gasteiger partial charge in [0.25, 0.3) is 11.8 Å². The van der Waals surface area contributed by atoms with Crippen molar-refractivity contribution in [1.29, 1.82) is 0 Å². The number of benzene rings is 4. The topological polar surface area (TPSA) is 137 Å². The maximum atomic E-state index is 12.5. The summed E-state index contributed by atoms with van der Waals surface area (Å²) in [5.41, 5.74) is 14.8. The summed E-state index contributed by atoms with van der Waals surface area (Å²) < 4.78 is 5.39. The van der Waals surface area contributed by atoms with Gasteiger partial charge in [-0.05, 0) is 97.1 Å². The van der Waals surface area contributed by atoms with E-state index in [4.69, 9.17) is 16.2 Å². The standard InChI is InChI=1S/C27H22N4O4/c28-20-7-1-17(2-8-20)25(32)30-22-11-5-19(6-12-22)27(34)35-24-15-13-23(14-16-24)31-26(33)18-3-9-21(29)10-4-18/h1-16H,28-29H2,(H,30,32)(H,31,33). The number of ether oxygens (including phenoxy) is 1. The summed E-state index contributed by atoms with van der Waals surface area (Å²) in [6.07, 6.45) is 0. The first kappa shape index (κ1) is 23.1. The van der Waals surface area contributed by atoms with Crippen LogP contribution in [0.25, 0.3) is 0 Å². The van der Waals surface area contributed by atoms with Crippen LogP contribution in [0.1, 0.15) is 31.1 Å². The van der Waals surface area contributed by atoms with E-state index in [2.05, 4.69) is 10.6 Å². The van der Waals surface area contributed by atoms with E-state index < -0.39 is 5.97 Å². The number of nitrogens with two attached hydrogens (primary N) is 2. The Balaban J connectivity index is 1.32. The van der Waals surface area contributed by atoms with Crippen LogP contribution in [-0.2, 0) is 0 Å². The van der Waals surface area contributed by atoms with E-state index in [0.717, 1.165) is 0 Å². The molecular formula is C27H22N4O4. The molecule has 0 atom stereocenters. The van der Waals surface area contributed by atoms with Gasteiger partial charge in [0.1, 0.15) is 5.75 Å². The Morgan fingerprint density at radius 3 is 1.31 bits per heavy atom. The summed E-state index contributed by atoms with van der Waals surface area (Å²) in [7, 11) is 0. The van der Waals surface area contributed by atoms with Crippen molar-refractivity contribution in [2.24, 2.45) is 0 Å². The molecule has 4 rings (SSSR count). The lowest BCUT2D eigenvalue weighted by Crippen LogP contribution is -2.13. The van der Waals surface area contributed by atoms with E-state index in [0.29, 0.717) is 45.2 Å². The van der Waals surface area contributed by atoms with Crippen LogP contribution in [0, 0.1) is 0 Å². The summed E-state index contributed by atoms with van der Waals surface area (Å²) >= 11 is 0. The van der Waals surface area contributed by atoms with E-state index >= 15 is 0 Å². The lowest BCUT2D eigenvalue weighted by Gasteiger charge is -2.09. The highest BCUT2D eigenvalue weighted by molar-refractivity contribution is 6.05. The van der Waals surface area contributed by atoms with Crippen LogP contribution < -0.4 is 26.8 Å². The highest BCUT2D eigenvalue weighted by Gasteiger charge is 2.11. The normalized spacial score (nSPS) is 10.3. The van der Waals surface area contributed by atoms with Gasteiger partial charge in [0, 0.05) is 33.9 Å². The first-order valence-corrected chi connectivity index (χ1v) is 10.6. The molecule has 4 aromatic carbocycles. The van der Waals surface area contributed by atoms with Crippen LogP contribution in [0.4, 0.5) is 22.7 Å². The van der Waals surface area contributed by atoms with Crippen molar-refractivity contribution < 1.29 is 19.1 Å². The lowest BCUT2D eigenvalue weighted by atomic mass is 10.1. The maximum Gasteiger partial charge on any atom is 0.343 e. The molecule has 0 aromatic heterocycles. The summed E-state index contributed by atoms with van der Waals surface area (Å²) in [5.74, 6) is -0.802. The number of anilines is 4. The highest BCUT2D eigenvalue weighted by atomic mass is 16.5. The zero-order valence-electron chi connectivity index (χ0n) is 18.5. The summed E-state index contributed by atoms with van der Waals surface area (Å²) in [6.45, 7) is 0. The van der Waals surface area contributed by atoms with Gasteiger partial charge < -0.3 is 26.8 Å². The van der Waals surface area contributed by atoms with E-state index in [-0.39, 0.29) is 11.8 Å². The molecule has 0 aliphatic rings. The van der Waals surface area contributed by atoms with Crippen molar-refractivity contribution in [3.63, 3.8) is 0 Å². The van der Waals surface area contributed by atoms with Gasteiger partial charge in [-0.2, -0.15) is 0 Å². The number of carbonyl (C=O) groups excluding carboxylic acids is 3. The van der Waals surface area contributed by atoms with Crippen LogP contribution >= 0.6 is 0 Å². The molecule has 0 unspecified atom stereocenters. The molecule has 0 saturated carbocycles. The predicted octanol–water partition coefficient (Wildman–Crippen LogP) is 4.57. The lowest BCUT2D eigenvalue weighted by molar-refractivity contribution is 0.0734. The van der Waals surface area contributed by atoms with E-state index in [1.807, 2.05) is 0 Å². The molecule has 0 radical (unpaired) electrons. The van der Waals surface area contributed by atoms with Crippen molar-refractivity contribution >= 4 is 40.5 Å². The number of esters is 1. The minimum atomic E-state index is -0.555. The Morgan fingerprint density at radius 2 is 0.886 bits per heavy atom. The van der Waals surface area contributed by atoms with Crippen molar-refractivity contribution in [3.8, 4) is 5.75 Å². The Hall–Kier alpha value is -5.11. The second-order valence-corrected chi connectivity index (χ2v) is 7.64. The third kappa shape index (κ3) is 6.02. The number of amides is 2. The fourth-order valence-electron chi connectivity index (χ4n) is 3.14. The first-order valence-electron chi connectivity index (χ1n) is 10.6. The highest BCUT2D eigenvalue weighted by Crippen LogP contribution is 2.19. The number of nitrogens with one attached hydrogen (secondary N) is 2. The number of hydrogen-bond acceptors (Lipinski definition) is 6. The molecule has 174 valence electrons. The average molecular weight is 466 g/mol. The van der Waals surface area contributed by atoms with Crippen LogP contribution in [0.5, 0.6) is 5.75 Å². The Morgan fingerprint density at radius 1 is 0.514 bits per heavy atom. The van der Waals surface area contributed by atoms with Gasteiger partial charge in [0.2, 0.25) is 0 Å². The SMILES string of the molecule is Nc1ccc(C(=O)Nc2ccc(OC(=O)c3ccc(NC(=O)c4ccc(N)cc4)cc3)cc2)cc1. The first-order chi connectivity index (χ1) is 16.9. The molecule has 0 bridgehead atoms. The molecule has 6 N–H and O–H groups in total. The third-order valence-corrected chi connectivity index (χ3v) is 5.05. The van der Waals surface area contributed by atoms with Crippen molar-refractivity contribution in [3.05, 3.63) is 114 Å². The van der Waals surface area contributed by atoms with Crippen LogP contribution in [0.2, 0.25) is 0 Å². The van der Waals surface area contributed by atoms with Gasteiger partial charge >= 0.3 is 5.97 Å². The third-order valence-electron chi connectivity index (χ3n) is 5.05. The predicted molar refractivity (Wildman–Crippen MR) is 135 cm³/mol. The summed E-state index contributed by atoms with van der Waals surface area (Å²) in [5, 5.41) is 5.52. The second kappa shape index (κ2) is 10.2. The molecule has 2 amide bonds. The summed E-state index contributed by atoms with van der Waals surface area (Å²) in [4.78, 5) is 37.1. The number of rotatable bonds is 6. The minimum Gasteiger partial charge on any atom is -0.423 e. The molecule has 0 aliphatic carbocycles. The van der Waals surface area contributed by atoms with Crippen LogP contribution in [0.3, 0.4) is 0 Å². The Bertz CT molecular complexity index is 1350. The second-order valence-electron chi connectivity index (χ2n) is 7.64. The maximum absolute atomic E-state index is 12.5. The summed E-state index contributed by atoms with van der Waals surface area (Å²) in [6, 6.07) is 25.9. The smallest absolute Gasteiger partial charge is 0.343 e. The molecule has 0 fully saturated rings. The van der Waals surface area contributed by atoms with Crippen molar-refractivity contribution in [1.82, 2.24) is 0 Å². The van der Waals surface area contributed by atoms with Crippen LogP contribution in [0.15, 0.2) is 97.1 Å². The Labute approximate surface area is 201 Å². The number of carbonyl (C=O) groups is 3. The molecule has 4 aromatic rings. The largest absolute Gasteiger partial charge is 0.423 e. The number of hydrogen-bond donors (Lipinski definition) is 4. The van der Waals surface area contributed by atoms with Gasteiger partial charge in [-0.3, -0.25) is 9.59 Å². The van der Waals surface area contributed by atoms with E-state index in [1.54, 1.807) is 97.1 Å². The van der Waals surface area contributed by atoms with E-state index in [9.17, 15) is 14.4 Å². The van der Waals surface area contributed by atoms with Gasteiger partial charge in [-0.1, -0.05) is 0 Å². The average Bonchev–Trinajstić information content (AvgIpc) is 2.86. The molecule has 8 heteroatoms. The zero-order chi connectivity index (χ0) is 24.8. The van der Waals surface area contributed by atoms with E-state index in [1.165, 1.54) is 0 Å². The molecule has 35 heavy (non-hydrogen) atoms. The molecule has 0 spiro atoms. The van der Waals surface area contributed by atoms with Crippen molar-refractivity contribution in [2.45, 2.75) is 0 Å². The zero-order valence-corrected chi connectivity index (χ0v) is 18.5. The molecule has 8 nitrogen and oxygen atoms in total. The van der Waals surface area contributed by atoms with Crippen LogP contribution in [-0.4, -0.2) is 17.8 Å². The Kier molecular flexibility index (Phi) is 6.73. The van der Waals surface area contributed by atoms with Crippen molar-refractivity contribution in [2.75, 3.05) is 22.1 Å². The fourth-order valence-corrected chi connectivity index (χ4v) is 3.14. The quantitative estimate of drug-likeness (QED) is 0.187. The molecule has 0 heterocycles. The number of nitrogen functional groups attached to an aromatic ring is 2. The molecule has 0 saturated heterocycles. The monoisotopic (exact) mass is 466 g/mol. The minimum absolute atomic E-state index is 0.279. The molecule has 0 aliphatic heterocycles. The van der Waals surface area contributed by atoms with Gasteiger partial charge in [-0.15, -0.1) is 0 Å². The van der Waals surface area contributed by atoms with Gasteiger partial charge in [0.05, 0.1) is 5.56 Å².